The minimum absolute atomic E-state index is 0.150. The van der Waals surface area contributed by atoms with Crippen LogP contribution in [-0.4, -0.2) is 81.9 Å². The number of nitrogens with two attached hydrogens (primary N) is 1. The summed E-state index contributed by atoms with van der Waals surface area (Å²) in [5, 5.41) is 10.8. The van der Waals surface area contributed by atoms with Gasteiger partial charge in [-0.1, -0.05) is 0 Å². The summed E-state index contributed by atoms with van der Waals surface area (Å²) < 4.78 is 66.1. The van der Waals surface area contributed by atoms with Gasteiger partial charge in [0.05, 0.1) is 17.2 Å². The first-order valence-corrected chi connectivity index (χ1v) is 14.0. The third-order valence-corrected chi connectivity index (χ3v) is 7.15. The Labute approximate surface area is 239 Å². The van der Waals surface area contributed by atoms with E-state index in [2.05, 4.69) is 15.0 Å². The molecular formula is C23H35FN5O12P. The zero-order chi connectivity index (χ0) is 31.7. The molecule has 2 aromatic rings. The smallest absolute Gasteiger partial charge is 0.437 e. The van der Waals surface area contributed by atoms with Crippen molar-refractivity contribution in [3.63, 3.8) is 0 Å². The average molecular weight is 624 g/mol. The molecule has 1 saturated heterocycles. The number of nitrogens with one attached hydrogen (secondary N) is 1. The molecule has 236 valence electrons. The molecule has 4 N–H and O–H groups in total. The molecule has 0 amide bonds. The number of fused-ring (bicyclic) bond motifs is 1. The molecule has 4 atom stereocenters. The van der Waals surface area contributed by atoms with Crippen LogP contribution in [0.15, 0.2) is 11.1 Å². The molecule has 1 aliphatic heterocycles. The van der Waals surface area contributed by atoms with Crippen LogP contribution in [0.3, 0.4) is 0 Å². The Kier molecular flexibility index (Phi) is 9.83. The van der Waals surface area contributed by atoms with Crippen LogP contribution in [0.1, 0.15) is 47.8 Å². The number of ether oxygens (including phenoxy) is 4. The van der Waals surface area contributed by atoms with Crippen molar-refractivity contribution < 1.29 is 56.2 Å². The number of hydrogen-bond donors (Lipinski definition) is 3. The number of aliphatic hydroxyl groups is 1. The van der Waals surface area contributed by atoms with Crippen molar-refractivity contribution in [3.05, 3.63) is 16.7 Å². The number of rotatable bonds is 11. The zero-order valence-corrected chi connectivity index (χ0v) is 25.0. The minimum atomic E-state index is -4.76. The average Bonchev–Trinajstić information content (AvgIpc) is 3.41. The third-order valence-electron chi connectivity index (χ3n) is 5.87. The Balaban J connectivity index is 1.81. The third kappa shape index (κ3) is 7.31. The van der Waals surface area contributed by atoms with Gasteiger partial charge in [0, 0.05) is 7.11 Å². The molecule has 0 unspecified atom stereocenters. The van der Waals surface area contributed by atoms with E-state index in [1.165, 1.54) is 0 Å². The molecule has 0 radical (unpaired) electrons. The van der Waals surface area contributed by atoms with Crippen molar-refractivity contribution >= 4 is 36.9 Å². The summed E-state index contributed by atoms with van der Waals surface area (Å²) in [5.74, 6) is -4.01. The van der Waals surface area contributed by atoms with Crippen molar-refractivity contribution in [3.8, 4) is 0 Å². The lowest BCUT2D eigenvalue weighted by Crippen LogP contribution is -2.47. The normalized spacial score (nSPS) is 23.3. The summed E-state index contributed by atoms with van der Waals surface area (Å²) in [7, 11) is -3.71. The van der Waals surface area contributed by atoms with E-state index in [1.54, 1.807) is 41.5 Å². The fourth-order valence-corrected chi connectivity index (χ4v) is 4.35. The monoisotopic (exact) mass is 623 g/mol. The Morgan fingerprint density at radius 1 is 1.14 bits per heavy atom. The van der Waals surface area contributed by atoms with E-state index in [4.69, 9.17) is 38.3 Å². The van der Waals surface area contributed by atoms with Crippen molar-refractivity contribution in [1.29, 1.82) is 0 Å². The zero-order valence-electron chi connectivity index (χ0n) is 24.1. The SMILES string of the molecule is CO[C@]1(COP(=O)(OCOC(=O)C(C)(C)C)OCOC(=O)C(C)(C)C)O[C@@H](n2cnc3c(=O)[nH]c(N)nc32)[C@H](F)[C@@H]1O. The van der Waals surface area contributed by atoms with E-state index < -0.39 is 80.6 Å². The number of esters is 2. The number of aromatic amines is 1. The lowest BCUT2D eigenvalue weighted by atomic mass is 9.98. The maximum atomic E-state index is 15.4. The van der Waals surface area contributed by atoms with Crippen LogP contribution < -0.4 is 11.3 Å². The number of imidazole rings is 1. The Bertz CT molecular complexity index is 1370. The van der Waals surface area contributed by atoms with Crippen LogP contribution in [0.25, 0.3) is 11.2 Å². The molecule has 42 heavy (non-hydrogen) atoms. The minimum Gasteiger partial charge on any atom is -0.437 e. The second kappa shape index (κ2) is 12.3. The van der Waals surface area contributed by atoms with Crippen molar-refractivity contribution in [2.45, 2.75) is 65.8 Å². The van der Waals surface area contributed by atoms with E-state index in [-0.39, 0.29) is 17.1 Å². The predicted octanol–water partition coefficient (Wildman–Crippen LogP) is 1.52. The maximum Gasteiger partial charge on any atom is 0.480 e. The molecule has 0 aliphatic carbocycles. The van der Waals surface area contributed by atoms with Gasteiger partial charge in [-0.25, -0.2) is 23.0 Å². The fraction of sp³-hybridized carbons (Fsp3) is 0.696. The van der Waals surface area contributed by atoms with E-state index in [9.17, 15) is 24.1 Å². The fourth-order valence-electron chi connectivity index (χ4n) is 3.43. The number of aliphatic hydroxyl groups excluding tert-OH is 1. The first-order valence-electron chi connectivity index (χ1n) is 12.5. The number of halogens is 1. The van der Waals surface area contributed by atoms with Gasteiger partial charge >= 0.3 is 19.8 Å². The van der Waals surface area contributed by atoms with Crippen LogP contribution in [0.4, 0.5) is 10.3 Å². The molecule has 1 fully saturated rings. The summed E-state index contributed by atoms with van der Waals surface area (Å²) in [6.07, 6.45) is -4.89. The number of carbonyl (C=O) groups excluding carboxylic acids is 2. The molecular weight excluding hydrogens is 588 g/mol. The van der Waals surface area contributed by atoms with Gasteiger partial charge in [-0.05, 0) is 41.5 Å². The first kappa shape index (κ1) is 33.5. The second-order valence-corrected chi connectivity index (χ2v) is 12.9. The number of anilines is 1. The first-order chi connectivity index (χ1) is 19.3. The Morgan fingerprint density at radius 3 is 2.19 bits per heavy atom. The van der Waals surface area contributed by atoms with E-state index in [0.717, 1.165) is 18.0 Å². The lowest BCUT2D eigenvalue weighted by Gasteiger charge is -2.31. The number of H-pyrrole nitrogens is 1. The molecule has 1 aliphatic rings. The van der Waals surface area contributed by atoms with Crippen LogP contribution >= 0.6 is 7.82 Å². The highest BCUT2D eigenvalue weighted by Crippen LogP contribution is 2.52. The summed E-state index contributed by atoms with van der Waals surface area (Å²) in [5.41, 5.74) is 2.72. The van der Waals surface area contributed by atoms with Crippen molar-refractivity contribution in [1.82, 2.24) is 19.5 Å². The predicted molar refractivity (Wildman–Crippen MR) is 140 cm³/mol. The number of nitrogens with zero attached hydrogens (tertiary/aromatic N) is 3. The number of aromatic nitrogens is 4. The summed E-state index contributed by atoms with van der Waals surface area (Å²) >= 11 is 0. The number of methoxy groups -OCH3 is 1. The largest absolute Gasteiger partial charge is 0.480 e. The topological polar surface area (TPSA) is 226 Å². The molecule has 0 saturated carbocycles. The number of alkyl halides is 1. The van der Waals surface area contributed by atoms with Gasteiger partial charge in [0.25, 0.3) is 5.56 Å². The Morgan fingerprint density at radius 2 is 1.69 bits per heavy atom. The van der Waals surface area contributed by atoms with Crippen LogP contribution in [0.5, 0.6) is 0 Å². The number of phosphoric acid groups is 1. The van der Waals surface area contributed by atoms with E-state index in [1.807, 2.05) is 0 Å². The van der Waals surface area contributed by atoms with Crippen molar-refractivity contribution in [2.75, 3.05) is 33.0 Å². The Hall–Kier alpha value is -2.99. The highest BCUT2D eigenvalue weighted by molar-refractivity contribution is 7.48. The van der Waals surface area contributed by atoms with Gasteiger partial charge in [-0.2, -0.15) is 4.98 Å². The van der Waals surface area contributed by atoms with Crippen LogP contribution in [0.2, 0.25) is 0 Å². The standard InChI is InChI=1S/C23H35FN5O12P/c1-21(2,3)18(32)36-10-39-42(34,40-11-37-19(33)22(4,5)6)38-8-23(35-7)14(30)12(24)17(41-23)29-9-26-13-15(29)27-20(25)28-16(13)31/h9,12,14,17,30H,8,10-11H2,1-7H3,(H3,25,27,28,31)/t12-,14+,17-,23-/m1/s1. The van der Waals surface area contributed by atoms with Gasteiger partial charge in [-0.3, -0.25) is 28.5 Å². The van der Waals surface area contributed by atoms with E-state index >= 15 is 4.39 Å². The number of hydrogen-bond acceptors (Lipinski definition) is 15. The van der Waals surface area contributed by atoms with Gasteiger partial charge in [0.2, 0.25) is 25.3 Å². The van der Waals surface area contributed by atoms with Gasteiger partial charge < -0.3 is 29.8 Å². The molecule has 2 aromatic heterocycles. The quantitative estimate of drug-likeness (QED) is 0.183. The lowest BCUT2D eigenvalue weighted by molar-refractivity contribution is -0.267. The van der Waals surface area contributed by atoms with Crippen LogP contribution in [-0.2, 0) is 46.7 Å². The summed E-state index contributed by atoms with van der Waals surface area (Å²) in [4.78, 5) is 46.4. The van der Waals surface area contributed by atoms with Gasteiger partial charge in [0.1, 0.15) is 12.7 Å². The van der Waals surface area contributed by atoms with Gasteiger partial charge in [-0.15, -0.1) is 0 Å². The summed E-state index contributed by atoms with van der Waals surface area (Å²) in [6, 6.07) is 0. The second-order valence-electron chi connectivity index (χ2n) is 11.3. The van der Waals surface area contributed by atoms with Crippen LogP contribution in [0, 0.1) is 10.8 Å². The molecule has 17 nitrogen and oxygen atoms in total. The number of nitrogen functional groups attached to an aromatic ring is 1. The maximum absolute atomic E-state index is 15.4. The number of phosphoric ester groups is 1. The molecule has 3 heterocycles. The van der Waals surface area contributed by atoms with Crippen molar-refractivity contribution in [2.24, 2.45) is 10.8 Å². The molecule has 0 bridgehead atoms. The highest BCUT2D eigenvalue weighted by atomic mass is 31.2. The van der Waals surface area contributed by atoms with E-state index in [0.29, 0.717) is 0 Å². The molecule has 0 spiro atoms. The van der Waals surface area contributed by atoms with Gasteiger partial charge in [0.15, 0.2) is 23.6 Å². The summed E-state index contributed by atoms with van der Waals surface area (Å²) in [6.45, 7) is 6.66. The number of carbonyl (C=O) groups is 2. The molecule has 19 heteroatoms. The molecule has 3 rings (SSSR count). The highest BCUT2D eigenvalue weighted by Gasteiger charge is 2.58. The molecule has 0 aromatic carbocycles.